The third kappa shape index (κ3) is 5.46. The summed E-state index contributed by atoms with van der Waals surface area (Å²) in [5.74, 6) is -1.14. The molecule has 132 valence electrons. The molecule has 2 aromatic carbocycles. The minimum atomic E-state index is -0.826. The average Bonchev–Trinajstić information content (AvgIpc) is 2.57. The van der Waals surface area contributed by atoms with Gasteiger partial charge in [0.05, 0.1) is 5.56 Å². The summed E-state index contributed by atoms with van der Waals surface area (Å²) in [6, 6.07) is 10.5. The number of hydrogen-bond acceptors (Lipinski definition) is 3. The van der Waals surface area contributed by atoms with E-state index in [4.69, 9.17) is 22.1 Å². The largest absolute Gasteiger partial charge is 0.480 e. The van der Waals surface area contributed by atoms with Crippen LogP contribution in [0.2, 0.25) is 5.02 Å². The van der Waals surface area contributed by atoms with Crippen molar-refractivity contribution in [1.82, 2.24) is 5.32 Å². The lowest BCUT2D eigenvalue weighted by Gasteiger charge is -2.16. The Bertz CT molecular complexity index is 765. The molecular weight excluding hydrogens is 347 g/mol. The zero-order valence-electron chi connectivity index (χ0n) is 13.6. The van der Waals surface area contributed by atoms with Crippen molar-refractivity contribution >= 4 is 23.4 Å². The van der Waals surface area contributed by atoms with Crippen LogP contribution in [0.1, 0.15) is 22.8 Å². The highest BCUT2D eigenvalue weighted by Crippen LogP contribution is 2.23. The summed E-state index contributed by atoms with van der Waals surface area (Å²) in [4.78, 5) is 23.5. The van der Waals surface area contributed by atoms with Crippen molar-refractivity contribution in [2.45, 2.75) is 19.4 Å². The highest BCUT2D eigenvalue weighted by Gasteiger charge is 2.18. The first kappa shape index (κ1) is 18.7. The highest BCUT2D eigenvalue weighted by molar-refractivity contribution is 6.31. The van der Waals surface area contributed by atoms with Gasteiger partial charge in [-0.15, -0.1) is 0 Å². The lowest BCUT2D eigenvalue weighted by Crippen LogP contribution is -2.37. The first-order valence-electron chi connectivity index (χ1n) is 7.65. The Morgan fingerprint density at radius 3 is 2.56 bits per heavy atom. The van der Waals surface area contributed by atoms with E-state index in [9.17, 15) is 14.0 Å². The monoisotopic (exact) mass is 364 g/mol. The van der Waals surface area contributed by atoms with Crippen molar-refractivity contribution in [1.29, 1.82) is 0 Å². The molecule has 0 saturated carbocycles. The van der Waals surface area contributed by atoms with E-state index in [1.165, 1.54) is 24.3 Å². The number of carbonyl (C=O) groups excluding carboxylic acids is 2. The minimum absolute atomic E-state index is 0.110. The number of nitrogens with one attached hydrogen (secondary N) is 1. The van der Waals surface area contributed by atoms with E-state index in [2.05, 4.69) is 5.32 Å². The Hall–Kier alpha value is -2.60. The van der Waals surface area contributed by atoms with E-state index in [0.29, 0.717) is 18.0 Å². The molecule has 0 radical (unpaired) electrons. The lowest BCUT2D eigenvalue weighted by atomic mass is 10.1. The summed E-state index contributed by atoms with van der Waals surface area (Å²) >= 11 is 5.83. The van der Waals surface area contributed by atoms with Crippen molar-refractivity contribution in [3.63, 3.8) is 0 Å². The van der Waals surface area contributed by atoms with Crippen LogP contribution in [0.25, 0.3) is 0 Å². The van der Waals surface area contributed by atoms with Gasteiger partial charge in [-0.3, -0.25) is 9.59 Å². The van der Waals surface area contributed by atoms with Crippen LogP contribution in [0.15, 0.2) is 42.5 Å². The number of amides is 2. The topological polar surface area (TPSA) is 81.4 Å². The molecular formula is C18H18ClFN2O3. The fourth-order valence-electron chi connectivity index (χ4n) is 2.17. The van der Waals surface area contributed by atoms with Gasteiger partial charge in [0.25, 0.3) is 11.8 Å². The number of benzene rings is 2. The molecule has 1 unspecified atom stereocenters. The Labute approximate surface area is 149 Å². The maximum Gasteiger partial charge on any atom is 0.260 e. The fraction of sp³-hybridized carbons (Fsp3) is 0.222. The molecule has 2 rings (SSSR count). The summed E-state index contributed by atoms with van der Waals surface area (Å²) in [7, 11) is 0. The molecule has 1 atom stereocenters. The van der Waals surface area contributed by atoms with Crippen LogP contribution in [0.4, 0.5) is 4.39 Å². The number of carbonyl (C=O) groups is 2. The molecule has 7 heteroatoms. The van der Waals surface area contributed by atoms with Gasteiger partial charge in [-0.1, -0.05) is 23.7 Å². The molecule has 2 aromatic rings. The molecule has 2 amide bonds. The molecule has 0 bridgehead atoms. The highest BCUT2D eigenvalue weighted by atomic mass is 35.5. The van der Waals surface area contributed by atoms with E-state index >= 15 is 0 Å². The molecule has 0 spiro atoms. The molecule has 25 heavy (non-hydrogen) atoms. The third-order valence-electron chi connectivity index (χ3n) is 3.51. The van der Waals surface area contributed by atoms with Gasteiger partial charge in [-0.2, -0.15) is 0 Å². The molecule has 0 aliphatic rings. The van der Waals surface area contributed by atoms with Gasteiger partial charge in [-0.05, 0) is 49.2 Å². The Morgan fingerprint density at radius 1 is 1.24 bits per heavy atom. The molecule has 5 nitrogen and oxygen atoms in total. The van der Waals surface area contributed by atoms with Gasteiger partial charge < -0.3 is 15.8 Å². The number of hydrogen-bond donors (Lipinski definition) is 2. The van der Waals surface area contributed by atoms with Crippen molar-refractivity contribution in [3.05, 3.63) is 64.4 Å². The average molecular weight is 365 g/mol. The first-order chi connectivity index (χ1) is 11.9. The lowest BCUT2D eigenvalue weighted by molar-refractivity contribution is -0.127. The normalized spacial score (nSPS) is 11.6. The maximum atomic E-state index is 12.8. The summed E-state index contributed by atoms with van der Waals surface area (Å²) in [5.41, 5.74) is 6.30. The van der Waals surface area contributed by atoms with Crippen molar-refractivity contribution < 1.29 is 18.7 Å². The SMILES string of the molecule is CC(Oc1ccc(Cl)cc1C(N)=O)C(=O)NCCc1ccc(F)cc1. The quantitative estimate of drug-likeness (QED) is 0.792. The van der Waals surface area contributed by atoms with Crippen molar-refractivity contribution in [2.24, 2.45) is 5.73 Å². The zero-order valence-corrected chi connectivity index (χ0v) is 14.3. The van der Waals surface area contributed by atoms with Crippen molar-refractivity contribution in [3.8, 4) is 5.75 Å². The Morgan fingerprint density at radius 2 is 1.92 bits per heavy atom. The van der Waals surface area contributed by atoms with E-state index in [1.807, 2.05) is 0 Å². The van der Waals surface area contributed by atoms with Crippen LogP contribution in [0, 0.1) is 5.82 Å². The van der Waals surface area contributed by atoms with E-state index in [1.54, 1.807) is 25.1 Å². The van der Waals surface area contributed by atoms with Crippen LogP contribution in [-0.2, 0) is 11.2 Å². The predicted molar refractivity (Wildman–Crippen MR) is 93.2 cm³/mol. The molecule has 0 aliphatic carbocycles. The second-order valence-electron chi connectivity index (χ2n) is 5.43. The van der Waals surface area contributed by atoms with E-state index < -0.39 is 12.0 Å². The van der Waals surface area contributed by atoms with Crippen LogP contribution in [0.5, 0.6) is 5.75 Å². The van der Waals surface area contributed by atoms with E-state index in [0.717, 1.165) is 5.56 Å². The number of ether oxygens (including phenoxy) is 1. The number of rotatable bonds is 7. The molecule has 0 saturated heterocycles. The third-order valence-corrected chi connectivity index (χ3v) is 3.74. The smallest absolute Gasteiger partial charge is 0.260 e. The first-order valence-corrected chi connectivity index (χ1v) is 8.03. The fourth-order valence-corrected chi connectivity index (χ4v) is 2.34. The van der Waals surface area contributed by atoms with Crippen LogP contribution in [0.3, 0.4) is 0 Å². The predicted octanol–water partition coefficient (Wildman–Crippen LogP) is 2.70. The zero-order chi connectivity index (χ0) is 18.4. The number of nitrogens with two attached hydrogens (primary N) is 1. The molecule has 0 heterocycles. The second-order valence-corrected chi connectivity index (χ2v) is 5.87. The number of halogens is 2. The number of primary amides is 1. The van der Waals surface area contributed by atoms with Gasteiger partial charge in [0.2, 0.25) is 0 Å². The second kappa shape index (κ2) is 8.48. The van der Waals surface area contributed by atoms with Crippen LogP contribution < -0.4 is 15.8 Å². The van der Waals surface area contributed by atoms with Gasteiger partial charge in [-0.25, -0.2) is 4.39 Å². The van der Waals surface area contributed by atoms with Gasteiger partial charge >= 0.3 is 0 Å². The summed E-state index contributed by atoms with van der Waals surface area (Å²) in [5, 5.41) is 3.07. The van der Waals surface area contributed by atoms with Crippen LogP contribution in [-0.4, -0.2) is 24.5 Å². The summed E-state index contributed by atoms with van der Waals surface area (Å²) in [6.45, 7) is 1.94. The minimum Gasteiger partial charge on any atom is -0.480 e. The van der Waals surface area contributed by atoms with Gasteiger partial charge in [0.15, 0.2) is 6.10 Å². The summed E-state index contributed by atoms with van der Waals surface area (Å²) < 4.78 is 18.4. The Kier molecular flexibility index (Phi) is 6.36. The maximum absolute atomic E-state index is 12.8. The summed E-state index contributed by atoms with van der Waals surface area (Å²) in [6.07, 6.45) is -0.265. The van der Waals surface area contributed by atoms with Crippen LogP contribution >= 0.6 is 11.6 Å². The standard InChI is InChI=1S/C18H18ClFN2O3/c1-11(25-16-7-4-13(19)10-15(16)17(21)23)18(24)22-9-8-12-2-5-14(20)6-3-12/h2-7,10-11H,8-9H2,1H3,(H2,21,23)(H,22,24). The van der Waals surface area contributed by atoms with Gasteiger partial charge in [0.1, 0.15) is 11.6 Å². The molecule has 3 N–H and O–H groups in total. The van der Waals surface area contributed by atoms with Gasteiger partial charge in [0, 0.05) is 11.6 Å². The molecule has 0 fully saturated rings. The van der Waals surface area contributed by atoms with Crippen molar-refractivity contribution in [2.75, 3.05) is 6.54 Å². The van der Waals surface area contributed by atoms with E-state index in [-0.39, 0.29) is 23.0 Å². The Balaban J connectivity index is 1.90. The molecule has 0 aromatic heterocycles. The molecule has 0 aliphatic heterocycles.